The van der Waals surface area contributed by atoms with Crippen LogP contribution >= 0.6 is 11.8 Å². The summed E-state index contributed by atoms with van der Waals surface area (Å²) in [5.41, 5.74) is 0. The van der Waals surface area contributed by atoms with Gasteiger partial charge in [-0.15, -0.1) is 0 Å². The van der Waals surface area contributed by atoms with E-state index < -0.39 is 0 Å². The van der Waals surface area contributed by atoms with E-state index in [1.54, 1.807) is 6.92 Å². The Bertz CT molecular complexity index is 219. The standard InChI is InChI=1S/C12H24N2O2S/c1-10(15)9-13-4-5-14-12(16)8-11-2-6-17-7-3-11/h10-11,13,15H,2-9H2,1H3,(H,14,16). The van der Waals surface area contributed by atoms with Gasteiger partial charge in [0.15, 0.2) is 0 Å². The van der Waals surface area contributed by atoms with Gasteiger partial charge in [0.2, 0.25) is 5.91 Å². The second kappa shape index (κ2) is 8.78. The van der Waals surface area contributed by atoms with Gasteiger partial charge in [0.1, 0.15) is 0 Å². The Morgan fingerprint density at radius 2 is 2.12 bits per heavy atom. The zero-order chi connectivity index (χ0) is 12.5. The normalized spacial score (nSPS) is 18.9. The molecule has 0 spiro atoms. The number of hydrogen-bond acceptors (Lipinski definition) is 4. The van der Waals surface area contributed by atoms with Crippen molar-refractivity contribution in [1.82, 2.24) is 10.6 Å². The Balaban J connectivity index is 1.97. The molecular weight excluding hydrogens is 236 g/mol. The van der Waals surface area contributed by atoms with Crippen LogP contribution in [0.4, 0.5) is 0 Å². The molecule has 0 aromatic heterocycles. The zero-order valence-electron chi connectivity index (χ0n) is 10.6. The number of aliphatic hydroxyl groups excluding tert-OH is 1. The van der Waals surface area contributed by atoms with Gasteiger partial charge in [-0.05, 0) is 37.2 Å². The average molecular weight is 260 g/mol. The summed E-state index contributed by atoms with van der Waals surface area (Å²) in [5, 5.41) is 15.0. The third-order valence-electron chi connectivity index (χ3n) is 2.88. The number of carbonyl (C=O) groups excluding carboxylic acids is 1. The van der Waals surface area contributed by atoms with Gasteiger partial charge in [-0.2, -0.15) is 11.8 Å². The molecule has 100 valence electrons. The first-order valence-electron chi connectivity index (χ1n) is 6.41. The number of aliphatic hydroxyl groups is 1. The van der Waals surface area contributed by atoms with Crippen LogP contribution in [-0.2, 0) is 4.79 Å². The molecule has 0 aromatic carbocycles. The van der Waals surface area contributed by atoms with Crippen molar-refractivity contribution in [3.63, 3.8) is 0 Å². The highest BCUT2D eigenvalue weighted by Gasteiger charge is 2.16. The molecule has 1 atom stereocenters. The molecule has 1 amide bonds. The maximum atomic E-state index is 11.6. The molecule has 1 aliphatic rings. The van der Waals surface area contributed by atoms with Crippen LogP contribution in [0.2, 0.25) is 0 Å². The van der Waals surface area contributed by atoms with Gasteiger partial charge in [0, 0.05) is 26.1 Å². The highest BCUT2D eigenvalue weighted by Crippen LogP contribution is 2.24. The first-order valence-corrected chi connectivity index (χ1v) is 7.57. The molecule has 1 fully saturated rings. The molecule has 1 aliphatic heterocycles. The molecule has 17 heavy (non-hydrogen) atoms. The quantitative estimate of drug-likeness (QED) is 0.587. The van der Waals surface area contributed by atoms with Crippen LogP contribution in [0.5, 0.6) is 0 Å². The predicted octanol–water partition coefficient (Wildman–Crippen LogP) is 0.606. The van der Waals surface area contributed by atoms with E-state index in [0.29, 0.717) is 25.4 Å². The van der Waals surface area contributed by atoms with E-state index in [1.807, 2.05) is 11.8 Å². The van der Waals surface area contributed by atoms with Gasteiger partial charge in [-0.25, -0.2) is 0 Å². The smallest absolute Gasteiger partial charge is 0.220 e. The number of amides is 1. The summed E-state index contributed by atoms with van der Waals surface area (Å²) in [7, 11) is 0. The Labute approximate surface area is 108 Å². The number of carbonyl (C=O) groups is 1. The van der Waals surface area contributed by atoms with Gasteiger partial charge in [0.25, 0.3) is 0 Å². The molecule has 1 saturated heterocycles. The van der Waals surface area contributed by atoms with E-state index in [-0.39, 0.29) is 12.0 Å². The molecule has 4 nitrogen and oxygen atoms in total. The second-order valence-electron chi connectivity index (χ2n) is 4.66. The minimum Gasteiger partial charge on any atom is -0.392 e. The van der Waals surface area contributed by atoms with E-state index in [2.05, 4.69) is 10.6 Å². The fraction of sp³-hybridized carbons (Fsp3) is 0.917. The highest BCUT2D eigenvalue weighted by molar-refractivity contribution is 7.99. The highest BCUT2D eigenvalue weighted by atomic mass is 32.2. The van der Waals surface area contributed by atoms with Crippen molar-refractivity contribution in [2.24, 2.45) is 5.92 Å². The number of rotatable bonds is 7. The molecule has 0 bridgehead atoms. The van der Waals surface area contributed by atoms with Crippen molar-refractivity contribution >= 4 is 17.7 Å². The minimum absolute atomic E-state index is 0.167. The summed E-state index contributed by atoms with van der Waals surface area (Å²) >= 11 is 1.99. The minimum atomic E-state index is -0.328. The summed E-state index contributed by atoms with van der Waals surface area (Å²) in [6, 6.07) is 0. The molecule has 5 heteroatoms. The number of nitrogens with one attached hydrogen (secondary N) is 2. The second-order valence-corrected chi connectivity index (χ2v) is 5.89. The monoisotopic (exact) mass is 260 g/mol. The summed E-state index contributed by atoms with van der Waals surface area (Å²) in [5.74, 6) is 3.16. The molecule has 0 saturated carbocycles. The molecule has 0 radical (unpaired) electrons. The Morgan fingerprint density at radius 1 is 1.41 bits per heavy atom. The SMILES string of the molecule is CC(O)CNCCNC(=O)CC1CCSCC1. The maximum Gasteiger partial charge on any atom is 0.220 e. The van der Waals surface area contributed by atoms with E-state index in [1.165, 1.54) is 24.3 Å². The summed E-state index contributed by atoms with van der Waals surface area (Å²) in [4.78, 5) is 11.6. The average Bonchev–Trinajstić information content (AvgIpc) is 2.29. The number of hydrogen-bond donors (Lipinski definition) is 3. The van der Waals surface area contributed by atoms with Crippen molar-refractivity contribution in [1.29, 1.82) is 0 Å². The van der Waals surface area contributed by atoms with Gasteiger partial charge in [-0.3, -0.25) is 4.79 Å². The zero-order valence-corrected chi connectivity index (χ0v) is 11.4. The van der Waals surface area contributed by atoms with Gasteiger partial charge in [-0.1, -0.05) is 0 Å². The van der Waals surface area contributed by atoms with Crippen molar-refractivity contribution in [3.05, 3.63) is 0 Å². The van der Waals surface area contributed by atoms with E-state index in [9.17, 15) is 4.79 Å². The van der Waals surface area contributed by atoms with E-state index in [4.69, 9.17) is 5.11 Å². The summed E-state index contributed by atoms with van der Waals surface area (Å²) < 4.78 is 0. The molecule has 1 unspecified atom stereocenters. The maximum absolute atomic E-state index is 11.6. The van der Waals surface area contributed by atoms with Gasteiger partial charge in [0.05, 0.1) is 6.10 Å². The topological polar surface area (TPSA) is 61.4 Å². The van der Waals surface area contributed by atoms with Crippen LogP contribution in [0, 0.1) is 5.92 Å². The lowest BCUT2D eigenvalue weighted by Gasteiger charge is -2.20. The van der Waals surface area contributed by atoms with Crippen LogP contribution in [-0.4, -0.2) is 48.3 Å². The van der Waals surface area contributed by atoms with Crippen LogP contribution in [0.3, 0.4) is 0 Å². The van der Waals surface area contributed by atoms with E-state index >= 15 is 0 Å². The van der Waals surface area contributed by atoms with E-state index in [0.717, 1.165) is 6.54 Å². The van der Waals surface area contributed by atoms with Crippen molar-refractivity contribution in [2.45, 2.75) is 32.3 Å². The number of thioether (sulfide) groups is 1. The first kappa shape index (κ1) is 14.8. The first-order chi connectivity index (χ1) is 8.18. The summed E-state index contributed by atoms with van der Waals surface area (Å²) in [6.45, 7) is 3.69. The molecule has 0 aromatic rings. The van der Waals surface area contributed by atoms with Crippen molar-refractivity contribution < 1.29 is 9.90 Å². The van der Waals surface area contributed by atoms with Gasteiger partial charge >= 0.3 is 0 Å². The Kier molecular flexibility index (Phi) is 7.64. The third kappa shape index (κ3) is 7.63. The lowest BCUT2D eigenvalue weighted by Crippen LogP contribution is -2.35. The Hall–Kier alpha value is -0.260. The lowest BCUT2D eigenvalue weighted by atomic mass is 9.98. The largest absolute Gasteiger partial charge is 0.392 e. The molecule has 0 aliphatic carbocycles. The Morgan fingerprint density at radius 3 is 2.76 bits per heavy atom. The van der Waals surface area contributed by atoms with Crippen LogP contribution < -0.4 is 10.6 Å². The molecule has 1 heterocycles. The fourth-order valence-electron chi connectivity index (χ4n) is 1.89. The summed E-state index contributed by atoms with van der Waals surface area (Å²) in [6.07, 6.45) is 2.71. The molecule has 1 rings (SSSR count). The van der Waals surface area contributed by atoms with Crippen molar-refractivity contribution in [3.8, 4) is 0 Å². The van der Waals surface area contributed by atoms with Crippen LogP contribution in [0.15, 0.2) is 0 Å². The predicted molar refractivity (Wildman–Crippen MR) is 72.2 cm³/mol. The third-order valence-corrected chi connectivity index (χ3v) is 3.93. The molecular formula is C12H24N2O2S. The van der Waals surface area contributed by atoms with Gasteiger partial charge < -0.3 is 15.7 Å². The molecule has 3 N–H and O–H groups in total. The van der Waals surface area contributed by atoms with Crippen LogP contribution in [0.1, 0.15) is 26.2 Å². The lowest BCUT2D eigenvalue weighted by molar-refractivity contribution is -0.122. The fourth-order valence-corrected chi connectivity index (χ4v) is 3.09. The van der Waals surface area contributed by atoms with Crippen LogP contribution in [0.25, 0.3) is 0 Å². The van der Waals surface area contributed by atoms with Crippen molar-refractivity contribution in [2.75, 3.05) is 31.1 Å².